The van der Waals surface area contributed by atoms with Crippen LogP contribution in [-0.2, 0) is 0 Å². The number of rotatable bonds is 5. The van der Waals surface area contributed by atoms with Crippen LogP contribution in [0.25, 0.3) is 0 Å². The Labute approximate surface area is 136 Å². The number of amides is 1. The van der Waals surface area contributed by atoms with E-state index in [4.69, 9.17) is 34.8 Å². The van der Waals surface area contributed by atoms with Crippen molar-refractivity contribution < 1.29 is 4.79 Å². The highest BCUT2D eigenvalue weighted by atomic mass is 35.5. The first-order valence-corrected chi connectivity index (χ1v) is 7.94. The number of halogens is 3. The summed E-state index contributed by atoms with van der Waals surface area (Å²) in [5, 5.41) is 1.02. The molecule has 1 aromatic carbocycles. The van der Waals surface area contributed by atoms with E-state index in [1.807, 2.05) is 18.7 Å². The fourth-order valence-corrected chi connectivity index (χ4v) is 3.08. The van der Waals surface area contributed by atoms with Crippen LogP contribution in [0.3, 0.4) is 0 Å². The third-order valence-corrected chi connectivity index (χ3v) is 4.40. The van der Waals surface area contributed by atoms with Gasteiger partial charge in [-0.3, -0.25) is 4.79 Å². The number of nitrogens with zero attached hydrogens (tertiary/aromatic N) is 1. The maximum Gasteiger partial charge on any atom is 0.257 e. The van der Waals surface area contributed by atoms with E-state index >= 15 is 0 Å². The van der Waals surface area contributed by atoms with Gasteiger partial charge in [0.25, 0.3) is 5.91 Å². The Morgan fingerprint density at radius 1 is 1.05 bits per heavy atom. The minimum Gasteiger partial charge on any atom is -0.333 e. The van der Waals surface area contributed by atoms with E-state index in [0.717, 1.165) is 12.8 Å². The largest absolute Gasteiger partial charge is 0.333 e. The van der Waals surface area contributed by atoms with Crippen molar-refractivity contribution >= 4 is 40.7 Å². The highest BCUT2D eigenvalue weighted by molar-refractivity contribution is 6.42. The molecule has 20 heavy (non-hydrogen) atoms. The molecule has 0 aliphatic heterocycles. The number of hydrogen-bond acceptors (Lipinski definition) is 1. The second-order valence-corrected chi connectivity index (χ2v) is 6.22. The van der Waals surface area contributed by atoms with Gasteiger partial charge in [-0.15, -0.1) is 0 Å². The Morgan fingerprint density at radius 2 is 1.45 bits per heavy atom. The Balaban J connectivity index is 3.26. The third kappa shape index (κ3) is 3.81. The molecule has 2 unspecified atom stereocenters. The molecule has 0 spiro atoms. The quantitative estimate of drug-likeness (QED) is 0.676. The van der Waals surface area contributed by atoms with Gasteiger partial charge in [0, 0.05) is 17.1 Å². The standard InChI is InChI=1S/C15H20Cl3NO/c1-5-9(3)19(10(4)6-2)15(20)14-12(17)7-11(16)8-13(14)18/h7-10H,5-6H2,1-4H3. The second kappa shape index (κ2) is 7.53. The lowest BCUT2D eigenvalue weighted by atomic mass is 10.1. The summed E-state index contributed by atoms with van der Waals surface area (Å²) in [4.78, 5) is 14.7. The molecule has 0 saturated carbocycles. The summed E-state index contributed by atoms with van der Waals surface area (Å²) in [5.74, 6) is -0.139. The maximum absolute atomic E-state index is 12.8. The van der Waals surface area contributed by atoms with Crippen molar-refractivity contribution in [2.75, 3.05) is 0 Å². The van der Waals surface area contributed by atoms with Gasteiger partial charge in [0.05, 0.1) is 15.6 Å². The van der Waals surface area contributed by atoms with Crippen molar-refractivity contribution in [1.82, 2.24) is 4.90 Å². The zero-order chi connectivity index (χ0) is 15.4. The van der Waals surface area contributed by atoms with Gasteiger partial charge in [-0.25, -0.2) is 0 Å². The molecule has 0 heterocycles. The van der Waals surface area contributed by atoms with E-state index in [2.05, 4.69) is 13.8 Å². The van der Waals surface area contributed by atoms with E-state index in [9.17, 15) is 4.79 Å². The molecule has 0 radical (unpaired) electrons. The summed E-state index contributed by atoms with van der Waals surface area (Å²) >= 11 is 18.2. The average Bonchev–Trinajstić information content (AvgIpc) is 2.37. The minimum atomic E-state index is -0.139. The Morgan fingerprint density at radius 3 is 1.80 bits per heavy atom. The lowest BCUT2D eigenvalue weighted by Crippen LogP contribution is -2.44. The molecule has 112 valence electrons. The molecule has 0 saturated heterocycles. The normalized spacial score (nSPS) is 13.9. The summed E-state index contributed by atoms with van der Waals surface area (Å²) in [7, 11) is 0. The molecule has 1 amide bonds. The first kappa shape index (κ1) is 17.6. The smallest absolute Gasteiger partial charge is 0.257 e. The molecule has 2 atom stereocenters. The predicted octanol–water partition coefficient (Wildman–Crippen LogP) is 5.69. The lowest BCUT2D eigenvalue weighted by molar-refractivity contribution is 0.0599. The van der Waals surface area contributed by atoms with Crippen LogP contribution in [0.4, 0.5) is 0 Å². The number of hydrogen-bond donors (Lipinski definition) is 0. The molecular weight excluding hydrogens is 317 g/mol. The van der Waals surface area contributed by atoms with Gasteiger partial charge < -0.3 is 4.90 Å². The highest BCUT2D eigenvalue weighted by Crippen LogP contribution is 2.31. The van der Waals surface area contributed by atoms with Crippen LogP contribution in [0.15, 0.2) is 12.1 Å². The molecule has 0 bridgehead atoms. The molecule has 0 aromatic heterocycles. The van der Waals surface area contributed by atoms with Crippen LogP contribution in [0, 0.1) is 0 Å². The van der Waals surface area contributed by atoms with Crippen LogP contribution in [-0.4, -0.2) is 22.9 Å². The number of carbonyl (C=O) groups is 1. The molecule has 5 heteroatoms. The third-order valence-electron chi connectivity index (χ3n) is 3.59. The van der Waals surface area contributed by atoms with Gasteiger partial charge in [-0.05, 0) is 38.8 Å². The van der Waals surface area contributed by atoms with Gasteiger partial charge in [0.1, 0.15) is 0 Å². The van der Waals surface area contributed by atoms with Crippen molar-refractivity contribution in [3.05, 3.63) is 32.8 Å². The van der Waals surface area contributed by atoms with Crippen LogP contribution in [0.2, 0.25) is 15.1 Å². The van der Waals surface area contributed by atoms with Gasteiger partial charge in [0.2, 0.25) is 0 Å². The van der Waals surface area contributed by atoms with Crippen molar-refractivity contribution in [2.24, 2.45) is 0 Å². The molecular formula is C15H20Cl3NO. The summed E-state index contributed by atoms with van der Waals surface area (Å²) in [6.45, 7) is 8.17. The molecule has 0 fully saturated rings. The Kier molecular flexibility index (Phi) is 6.63. The number of benzene rings is 1. The topological polar surface area (TPSA) is 20.3 Å². The van der Waals surface area contributed by atoms with E-state index in [1.165, 1.54) is 0 Å². The first-order valence-electron chi connectivity index (χ1n) is 6.80. The molecule has 0 aliphatic carbocycles. The summed E-state index contributed by atoms with van der Waals surface area (Å²) < 4.78 is 0. The molecule has 1 rings (SSSR count). The zero-order valence-electron chi connectivity index (χ0n) is 12.2. The van der Waals surface area contributed by atoms with Crippen LogP contribution < -0.4 is 0 Å². The maximum atomic E-state index is 12.8. The van der Waals surface area contributed by atoms with Crippen LogP contribution in [0.1, 0.15) is 50.9 Å². The van der Waals surface area contributed by atoms with E-state index in [1.54, 1.807) is 12.1 Å². The van der Waals surface area contributed by atoms with Gasteiger partial charge >= 0.3 is 0 Å². The van der Waals surface area contributed by atoms with Gasteiger partial charge in [-0.2, -0.15) is 0 Å². The van der Waals surface area contributed by atoms with Crippen LogP contribution in [0.5, 0.6) is 0 Å². The summed E-state index contributed by atoms with van der Waals surface area (Å²) in [6, 6.07) is 3.35. The van der Waals surface area contributed by atoms with E-state index in [0.29, 0.717) is 20.6 Å². The Bertz CT molecular complexity index is 457. The van der Waals surface area contributed by atoms with Crippen molar-refractivity contribution in [3.8, 4) is 0 Å². The average molecular weight is 337 g/mol. The van der Waals surface area contributed by atoms with E-state index < -0.39 is 0 Å². The lowest BCUT2D eigenvalue weighted by Gasteiger charge is -2.34. The first-order chi connectivity index (χ1) is 9.33. The number of carbonyl (C=O) groups excluding carboxylic acids is 1. The fraction of sp³-hybridized carbons (Fsp3) is 0.533. The monoisotopic (exact) mass is 335 g/mol. The summed E-state index contributed by atoms with van der Waals surface area (Å²) in [5.41, 5.74) is 0.332. The summed E-state index contributed by atoms with van der Waals surface area (Å²) in [6.07, 6.45) is 1.75. The fourth-order valence-electron chi connectivity index (χ4n) is 2.10. The van der Waals surface area contributed by atoms with Gasteiger partial charge in [-0.1, -0.05) is 48.7 Å². The highest BCUT2D eigenvalue weighted by Gasteiger charge is 2.28. The minimum absolute atomic E-state index is 0.125. The molecule has 2 nitrogen and oxygen atoms in total. The van der Waals surface area contributed by atoms with E-state index in [-0.39, 0.29) is 18.0 Å². The second-order valence-electron chi connectivity index (χ2n) is 4.97. The SMILES string of the molecule is CCC(C)N(C(=O)c1c(Cl)cc(Cl)cc1Cl)C(C)CC. The molecule has 0 aliphatic rings. The zero-order valence-corrected chi connectivity index (χ0v) is 14.5. The molecule has 1 aromatic rings. The van der Waals surface area contributed by atoms with Crippen LogP contribution >= 0.6 is 34.8 Å². The van der Waals surface area contributed by atoms with Crippen molar-refractivity contribution in [1.29, 1.82) is 0 Å². The van der Waals surface area contributed by atoms with Gasteiger partial charge in [0.15, 0.2) is 0 Å². The molecule has 0 N–H and O–H groups in total. The predicted molar refractivity (Wildman–Crippen MR) is 87.1 cm³/mol. The van der Waals surface area contributed by atoms with Crippen molar-refractivity contribution in [2.45, 2.75) is 52.6 Å². The van der Waals surface area contributed by atoms with Crippen molar-refractivity contribution in [3.63, 3.8) is 0 Å². The Hall–Kier alpha value is -0.440.